The first-order chi connectivity index (χ1) is 11.8. The largest absolute Gasteiger partial charge is 0.369 e. The van der Waals surface area contributed by atoms with Crippen LogP contribution < -0.4 is 4.90 Å². The minimum atomic E-state index is -3.76. The van der Waals surface area contributed by atoms with Crippen LogP contribution in [-0.4, -0.2) is 33.4 Å². The van der Waals surface area contributed by atoms with E-state index in [9.17, 15) is 13.2 Å². The van der Waals surface area contributed by atoms with Crippen molar-refractivity contribution in [3.63, 3.8) is 0 Å². The highest BCUT2D eigenvalue weighted by Gasteiger charge is 2.29. The first-order valence-electron chi connectivity index (χ1n) is 8.21. The lowest BCUT2D eigenvalue weighted by molar-refractivity contribution is 0.101. The first-order valence-corrected chi connectivity index (χ1v) is 9.62. The summed E-state index contributed by atoms with van der Waals surface area (Å²) in [5.74, 6) is 0.0263. The molecule has 132 valence electrons. The van der Waals surface area contributed by atoms with Crippen LogP contribution in [-0.2, 0) is 14.3 Å². The smallest absolute Gasteiger partial charge is 0.297 e. The molecule has 1 heterocycles. The van der Waals surface area contributed by atoms with E-state index in [1.807, 2.05) is 19.1 Å². The van der Waals surface area contributed by atoms with E-state index in [4.69, 9.17) is 4.18 Å². The maximum atomic E-state index is 12.4. The van der Waals surface area contributed by atoms with Gasteiger partial charge in [-0.1, -0.05) is 17.7 Å². The fourth-order valence-electron chi connectivity index (χ4n) is 2.89. The fourth-order valence-corrected chi connectivity index (χ4v) is 3.98. The predicted octanol–water partition coefficient (Wildman–Crippen LogP) is 3.18. The van der Waals surface area contributed by atoms with Gasteiger partial charge in [0.05, 0.1) is 11.0 Å². The molecule has 0 unspecified atom stereocenters. The molecule has 0 aliphatic carbocycles. The summed E-state index contributed by atoms with van der Waals surface area (Å²) in [4.78, 5) is 13.6. The van der Waals surface area contributed by atoms with Gasteiger partial charge in [0, 0.05) is 24.3 Å². The average Bonchev–Trinajstić information content (AvgIpc) is 3.03. The summed E-state index contributed by atoms with van der Waals surface area (Å²) in [6.45, 7) is 4.66. The molecule has 0 N–H and O–H groups in total. The maximum Gasteiger partial charge on any atom is 0.297 e. The third-order valence-corrected chi connectivity index (χ3v) is 5.73. The standard InChI is InChI=1S/C19H21NO4S/c1-14-3-9-19(10-4-14)25(22,23)24-18-11-12-20(13-18)17-7-5-16(6-8-17)15(2)21/h3-10,18H,11-13H2,1-2H3/t18-/m0/s1. The van der Waals surface area contributed by atoms with E-state index in [1.165, 1.54) is 6.92 Å². The highest BCUT2D eigenvalue weighted by atomic mass is 32.2. The summed E-state index contributed by atoms with van der Waals surface area (Å²) in [5, 5.41) is 0. The van der Waals surface area contributed by atoms with Crippen LogP contribution in [0.4, 0.5) is 5.69 Å². The Morgan fingerprint density at radius 2 is 1.72 bits per heavy atom. The SMILES string of the molecule is CC(=O)c1ccc(N2CC[C@H](OS(=O)(=O)c3ccc(C)cc3)C2)cc1. The molecule has 1 aliphatic heterocycles. The molecule has 0 aromatic heterocycles. The number of benzene rings is 2. The minimum absolute atomic E-state index is 0.0263. The number of ketones is 1. The van der Waals surface area contributed by atoms with Crippen molar-refractivity contribution in [1.82, 2.24) is 0 Å². The predicted molar refractivity (Wildman–Crippen MR) is 96.5 cm³/mol. The molecule has 1 aliphatic rings. The average molecular weight is 359 g/mol. The molecular weight excluding hydrogens is 338 g/mol. The molecule has 2 aromatic rings. The molecule has 0 bridgehead atoms. The van der Waals surface area contributed by atoms with Gasteiger partial charge < -0.3 is 4.90 Å². The van der Waals surface area contributed by atoms with E-state index in [0.29, 0.717) is 25.1 Å². The topological polar surface area (TPSA) is 63.7 Å². The Morgan fingerprint density at radius 1 is 1.08 bits per heavy atom. The summed E-state index contributed by atoms with van der Waals surface area (Å²) in [6, 6.07) is 14.0. The van der Waals surface area contributed by atoms with Crippen molar-refractivity contribution in [3.8, 4) is 0 Å². The van der Waals surface area contributed by atoms with E-state index < -0.39 is 10.1 Å². The zero-order valence-electron chi connectivity index (χ0n) is 14.3. The van der Waals surface area contributed by atoms with E-state index in [-0.39, 0.29) is 16.8 Å². The van der Waals surface area contributed by atoms with Gasteiger partial charge in [0.15, 0.2) is 5.78 Å². The van der Waals surface area contributed by atoms with Crippen LogP contribution >= 0.6 is 0 Å². The number of hydrogen-bond donors (Lipinski definition) is 0. The number of nitrogens with zero attached hydrogens (tertiary/aromatic N) is 1. The van der Waals surface area contributed by atoms with Crippen LogP contribution in [0.3, 0.4) is 0 Å². The van der Waals surface area contributed by atoms with Crippen molar-refractivity contribution >= 4 is 21.6 Å². The molecule has 0 radical (unpaired) electrons. The Balaban J connectivity index is 1.66. The van der Waals surface area contributed by atoms with Gasteiger partial charge in [-0.2, -0.15) is 8.42 Å². The molecule has 0 amide bonds. The molecule has 2 aromatic carbocycles. The molecule has 0 saturated carbocycles. The maximum absolute atomic E-state index is 12.4. The Labute approximate surface area is 148 Å². The van der Waals surface area contributed by atoms with Crippen molar-refractivity contribution in [2.45, 2.75) is 31.3 Å². The van der Waals surface area contributed by atoms with Crippen molar-refractivity contribution in [2.24, 2.45) is 0 Å². The van der Waals surface area contributed by atoms with Gasteiger partial charge in [-0.15, -0.1) is 0 Å². The zero-order valence-corrected chi connectivity index (χ0v) is 15.1. The van der Waals surface area contributed by atoms with E-state index >= 15 is 0 Å². The number of rotatable bonds is 5. The molecule has 1 fully saturated rings. The number of aryl methyl sites for hydroxylation is 1. The van der Waals surface area contributed by atoms with Crippen molar-refractivity contribution in [3.05, 3.63) is 59.7 Å². The van der Waals surface area contributed by atoms with Crippen LogP contribution in [0.25, 0.3) is 0 Å². The molecule has 25 heavy (non-hydrogen) atoms. The third-order valence-electron chi connectivity index (χ3n) is 4.36. The first kappa shape index (κ1) is 17.6. The Morgan fingerprint density at radius 3 is 2.32 bits per heavy atom. The lowest BCUT2D eigenvalue weighted by Gasteiger charge is -2.19. The normalized spacial score (nSPS) is 17.7. The molecule has 0 spiro atoms. The molecule has 5 nitrogen and oxygen atoms in total. The van der Waals surface area contributed by atoms with E-state index in [0.717, 1.165) is 11.3 Å². The summed E-state index contributed by atoms with van der Waals surface area (Å²) in [6.07, 6.45) is 0.262. The van der Waals surface area contributed by atoms with Gasteiger partial charge in [-0.05, 0) is 56.7 Å². The van der Waals surface area contributed by atoms with Gasteiger partial charge in [0.1, 0.15) is 0 Å². The number of hydrogen-bond acceptors (Lipinski definition) is 5. The molecule has 6 heteroatoms. The molecular formula is C19H21NO4S. The van der Waals surface area contributed by atoms with Crippen LogP contribution in [0.5, 0.6) is 0 Å². The molecule has 1 saturated heterocycles. The summed E-state index contributed by atoms with van der Waals surface area (Å²) < 4.78 is 30.2. The second-order valence-electron chi connectivity index (χ2n) is 6.32. The van der Waals surface area contributed by atoms with Crippen LogP contribution in [0.2, 0.25) is 0 Å². The van der Waals surface area contributed by atoms with Crippen molar-refractivity contribution < 1.29 is 17.4 Å². The highest BCUT2D eigenvalue weighted by Crippen LogP contribution is 2.25. The van der Waals surface area contributed by atoms with Crippen molar-refractivity contribution in [1.29, 1.82) is 0 Å². The number of Topliss-reactive ketones (excluding diaryl/α,β-unsaturated/α-hetero) is 1. The Bertz CT molecular complexity index is 857. The quantitative estimate of drug-likeness (QED) is 0.606. The monoisotopic (exact) mass is 359 g/mol. The van der Waals surface area contributed by atoms with Crippen LogP contribution in [0.15, 0.2) is 53.4 Å². The van der Waals surface area contributed by atoms with Crippen LogP contribution in [0, 0.1) is 6.92 Å². The molecule has 1 atom stereocenters. The van der Waals surface area contributed by atoms with E-state index in [1.54, 1.807) is 36.4 Å². The molecule has 3 rings (SSSR count). The van der Waals surface area contributed by atoms with Crippen LogP contribution in [0.1, 0.15) is 29.3 Å². The fraction of sp³-hybridized carbons (Fsp3) is 0.316. The second kappa shape index (κ2) is 6.98. The Hall–Kier alpha value is -2.18. The lowest BCUT2D eigenvalue weighted by atomic mass is 10.1. The second-order valence-corrected chi connectivity index (χ2v) is 7.90. The highest BCUT2D eigenvalue weighted by molar-refractivity contribution is 7.86. The third kappa shape index (κ3) is 4.08. The van der Waals surface area contributed by atoms with Gasteiger partial charge in [0.2, 0.25) is 0 Å². The van der Waals surface area contributed by atoms with E-state index in [2.05, 4.69) is 4.90 Å². The number of carbonyl (C=O) groups is 1. The van der Waals surface area contributed by atoms with Gasteiger partial charge in [-0.25, -0.2) is 0 Å². The zero-order chi connectivity index (χ0) is 18.0. The summed E-state index contributed by atoms with van der Waals surface area (Å²) >= 11 is 0. The van der Waals surface area contributed by atoms with Gasteiger partial charge >= 0.3 is 0 Å². The number of carbonyl (C=O) groups excluding carboxylic acids is 1. The van der Waals surface area contributed by atoms with Gasteiger partial charge in [-0.3, -0.25) is 8.98 Å². The van der Waals surface area contributed by atoms with Crippen molar-refractivity contribution in [2.75, 3.05) is 18.0 Å². The summed E-state index contributed by atoms with van der Waals surface area (Å²) in [5.41, 5.74) is 2.63. The minimum Gasteiger partial charge on any atom is -0.369 e. The number of anilines is 1. The summed E-state index contributed by atoms with van der Waals surface area (Å²) in [7, 11) is -3.76. The lowest BCUT2D eigenvalue weighted by Crippen LogP contribution is -2.24. The van der Waals surface area contributed by atoms with Gasteiger partial charge in [0.25, 0.3) is 10.1 Å². The Kier molecular flexibility index (Phi) is 4.92.